The van der Waals surface area contributed by atoms with Gasteiger partial charge in [-0.15, -0.1) is 0 Å². The Morgan fingerprint density at radius 2 is 2.00 bits per heavy atom. The third-order valence-electron chi connectivity index (χ3n) is 4.24. The monoisotopic (exact) mass is 428 g/mol. The van der Waals surface area contributed by atoms with E-state index in [2.05, 4.69) is 5.32 Å². The fraction of sp³-hybridized carbons (Fsp3) is 0.227. The highest BCUT2D eigenvalue weighted by atomic mass is 32.2. The van der Waals surface area contributed by atoms with Crippen molar-refractivity contribution < 1.29 is 23.5 Å². The minimum atomic E-state index is -0.517. The van der Waals surface area contributed by atoms with E-state index in [0.29, 0.717) is 23.4 Å². The van der Waals surface area contributed by atoms with E-state index in [1.54, 1.807) is 42.5 Å². The number of hydrogen-bond acceptors (Lipinski definition) is 5. The fourth-order valence-corrected chi connectivity index (χ4v) is 3.59. The highest BCUT2D eigenvalue weighted by Gasteiger charge is 2.36. The van der Waals surface area contributed by atoms with Crippen molar-refractivity contribution in [3.8, 4) is 5.75 Å². The summed E-state index contributed by atoms with van der Waals surface area (Å²) in [5, 5.41) is 2.16. The summed E-state index contributed by atoms with van der Waals surface area (Å²) in [7, 11) is 0. The topological polar surface area (TPSA) is 75.7 Å². The molecule has 0 spiro atoms. The zero-order chi connectivity index (χ0) is 21.5. The molecule has 1 saturated heterocycles. The number of nitrogens with one attached hydrogen (secondary N) is 1. The third-order valence-corrected chi connectivity index (χ3v) is 5.14. The van der Waals surface area contributed by atoms with Crippen LogP contribution in [0, 0.1) is 5.82 Å². The van der Waals surface area contributed by atoms with Crippen molar-refractivity contribution in [2.24, 2.45) is 0 Å². The lowest BCUT2D eigenvalue weighted by Crippen LogP contribution is -2.39. The van der Waals surface area contributed by atoms with Crippen LogP contribution in [0.5, 0.6) is 5.75 Å². The summed E-state index contributed by atoms with van der Waals surface area (Å²) in [6.45, 7) is 2.25. The molecular formula is C22H21FN2O4S. The molecule has 8 heteroatoms. The van der Waals surface area contributed by atoms with Gasteiger partial charge in [-0.05, 0) is 48.0 Å². The average Bonchev–Trinajstić information content (AvgIpc) is 2.99. The van der Waals surface area contributed by atoms with Crippen LogP contribution < -0.4 is 10.1 Å². The van der Waals surface area contributed by atoms with E-state index in [1.165, 1.54) is 12.1 Å². The van der Waals surface area contributed by atoms with Gasteiger partial charge in [0, 0.05) is 12.1 Å². The van der Waals surface area contributed by atoms with Crippen LogP contribution in [-0.2, 0) is 16.2 Å². The number of rotatable bonds is 8. The van der Waals surface area contributed by atoms with Crippen molar-refractivity contribution in [1.82, 2.24) is 10.2 Å². The number of para-hydroxylation sites is 1. The van der Waals surface area contributed by atoms with Crippen LogP contribution in [0.3, 0.4) is 0 Å². The Morgan fingerprint density at radius 3 is 2.77 bits per heavy atom. The van der Waals surface area contributed by atoms with Gasteiger partial charge in [-0.2, -0.15) is 0 Å². The van der Waals surface area contributed by atoms with E-state index < -0.39 is 11.1 Å². The highest BCUT2D eigenvalue weighted by Crippen LogP contribution is 2.34. The van der Waals surface area contributed by atoms with Crippen molar-refractivity contribution in [2.75, 3.05) is 13.1 Å². The van der Waals surface area contributed by atoms with Gasteiger partial charge in [0.15, 0.2) is 0 Å². The first-order chi connectivity index (χ1) is 14.5. The maximum absolute atomic E-state index is 13.3. The van der Waals surface area contributed by atoms with Crippen LogP contribution in [0.4, 0.5) is 9.18 Å². The molecule has 0 atom stereocenters. The Bertz CT molecular complexity index is 993. The molecule has 0 aliphatic carbocycles. The number of halogens is 1. The summed E-state index contributed by atoms with van der Waals surface area (Å²) in [4.78, 5) is 37.8. The Balaban J connectivity index is 1.73. The molecule has 2 aromatic rings. The molecule has 3 amide bonds. The Morgan fingerprint density at radius 1 is 1.20 bits per heavy atom. The number of hydrogen-bond donors (Lipinski definition) is 1. The zero-order valence-corrected chi connectivity index (χ0v) is 17.2. The maximum atomic E-state index is 13.3. The number of ether oxygens (including phenoxy) is 1. The minimum Gasteiger partial charge on any atom is -0.488 e. The second kappa shape index (κ2) is 10.1. The number of thioether (sulfide) groups is 1. The summed E-state index contributed by atoms with van der Waals surface area (Å²) in [6, 6.07) is 13.1. The molecule has 30 heavy (non-hydrogen) atoms. The van der Waals surface area contributed by atoms with Crippen molar-refractivity contribution in [3.05, 3.63) is 70.4 Å². The van der Waals surface area contributed by atoms with Crippen LogP contribution >= 0.6 is 11.8 Å². The fourth-order valence-electron chi connectivity index (χ4n) is 2.76. The van der Waals surface area contributed by atoms with E-state index in [1.807, 2.05) is 6.92 Å². The van der Waals surface area contributed by atoms with Crippen LogP contribution in [-0.4, -0.2) is 35.0 Å². The Kier molecular flexibility index (Phi) is 7.24. The minimum absolute atomic E-state index is 0.154. The molecule has 1 fully saturated rings. The van der Waals surface area contributed by atoms with Crippen molar-refractivity contribution in [3.63, 3.8) is 0 Å². The predicted octanol–water partition coefficient (Wildman–Crippen LogP) is 3.97. The van der Waals surface area contributed by atoms with Gasteiger partial charge in [0.2, 0.25) is 5.91 Å². The van der Waals surface area contributed by atoms with Gasteiger partial charge in [-0.3, -0.25) is 19.3 Å². The second-order valence-corrected chi connectivity index (χ2v) is 7.57. The third kappa shape index (κ3) is 5.48. The number of nitrogens with zero attached hydrogens (tertiary/aromatic N) is 1. The quantitative estimate of drug-likeness (QED) is 0.644. The van der Waals surface area contributed by atoms with Crippen LogP contribution in [0.25, 0.3) is 6.08 Å². The second-order valence-electron chi connectivity index (χ2n) is 6.57. The first-order valence-electron chi connectivity index (χ1n) is 9.46. The van der Waals surface area contributed by atoms with Crippen molar-refractivity contribution in [2.45, 2.75) is 20.0 Å². The molecule has 1 N–H and O–H groups in total. The SMILES string of the molecule is CCCNC(=O)CN1C(=O)S/C(=C\c2ccccc2OCc2cccc(F)c2)C1=O. The lowest BCUT2D eigenvalue weighted by molar-refractivity contribution is -0.129. The molecule has 0 bridgehead atoms. The number of carbonyl (C=O) groups is 3. The molecular weight excluding hydrogens is 407 g/mol. The molecule has 1 heterocycles. The van der Waals surface area contributed by atoms with Gasteiger partial charge in [-0.25, -0.2) is 4.39 Å². The van der Waals surface area contributed by atoms with Gasteiger partial charge >= 0.3 is 0 Å². The molecule has 3 rings (SSSR count). The van der Waals surface area contributed by atoms with Gasteiger partial charge in [0.25, 0.3) is 11.1 Å². The molecule has 0 aromatic heterocycles. The van der Waals surface area contributed by atoms with Crippen molar-refractivity contribution in [1.29, 1.82) is 0 Å². The zero-order valence-electron chi connectivity index (χ0n) is 16.4. The molecule has 1 aliphatic rings. The largest absolute Gasteiger partial charge is 0.488 e. The molecule has 0 radical (unpaired) electrons. The normalized spacial score (nSPS) is 15.0. The molecule has 1 aliphatic heterocycles. The molecule has 156 valence electrons. The summed E-state index contributed by atoms with van der Waals surface area (Å²) < 4.78 is 19.1. The molecule has 6 nitrogen and oxygen atoms in total. The Labute approximate surface area is 178 Å². The lowest BCUT2D eigenvalue weighted by atomic mass is 10.1. The highest BCUT2D eigenvalue weighted by molar-refractivity contribution is 8.18. The van der Waals surface area contributed by atoms with E-state index in [0.717, 1.165) is 23.1 Å². The predicted molar refractivity (Wildman–Crippen MR) is 113 cm³/mol. The van der Waals surface area contributed by atoms with Gasteiger partial charge in [-0.1, -0.05) is 37.3 Å². The molecule has 0 saturated carbocycles. The van der Waals surface area contributed by atoms with Crippen LogP contribution in [0.15, 0.2) is 53.4 Å². The van der Waals surface area contributed by atoms with Crippen molar-refractivity contribution >= 4 is 34.9 Å². The first-order valence-corrected chi connectivity index (χ1v) is 10.3. The van der Waals surface area contributed by atoms with Gasteiger partial charge < -0.3 is 10.1 Å². The average molecular weight is 428 g/mol. The maximum Gasteiger partial charge on any atom is 0.294 e. The first kappa shape index (κ1) is 21.6. The van der Waals surface area contributed by atoms with Gasteiger partial charge in [0.1, 0.15) is 24.7 Å². The lowest BCUT2D eigenvalue weighted by Gasteiger charge is -2.12. The van der Waals surface area contributed by atoms with Crippen LogP contribution in [0.1, 0.15) is 24.5 Å². The summed E-state index contributed by atoms with van der Waals surface area (Å²) in [6.07, 6.45) is 2.33. The van der Waals surface area contributed by atoms with E-state index in [-0.39, 0.29) is 29.8 Å². The van der Waals surface area contributed by atoms with E-state index in [9.17, 15) is 18.8 Å². The summed E-state index contributed by atoms with van der Waals surface area (Å²) in [5.74, 6) is -0.744. The van der Waals surface area contributed by atoms with Crippen LogP contribution in [0.2, 0.25) is 0 Å². The Hall–Kier alpha value is -3.13. The summed E-state index contributed by atoms with van der Waals surface area (Å²) >= 11 is 0.781. The van der Waals surface area contributed by atoms with Gasteiger partial charge in [0.05, 0.1) is 4.91 Å². The number of amides is 3. The smallest absolute Gasteiger partial charge is 0.294 e. The molecule has 0 unspecified atom stereocenters. The van der Waals surface area contributed by atoms with E-state index >= 15 is 0 Å². The summed E-state index contributed by atoms with van der Waals surface area (Å²) in [5.41, 5.74) is 1.28. The number of imide groups is 1. The number of benzene rings is 2. The number of carbonyl (C=O) groups excluding carboxylic acids is 3. The molecule has 2 aromatic carbocycles. The van der Waals surface area contributed by atoms with E-state index in [4.69, 9.17) is 4.74 Å². The standard InChI is InChI=1S/C22H21FN2O4S/c1-2-10-24-20(26)13-25-21(27)19(30-22(25)28)12-16-7-3-4-9-18(16)29-14-15-6-5-8-17(23)11-15/h3-9,11-12H,2,10,13-14H2,1H3,(H,24,26)/b19-12-.